The van der Waals surface area contributed by atoms with Crippen molar-refractivity contribution < 1.29 is 13.7 Å². The summed E-state index contributed by atoms with van der Waals surface area (Å²) in [6.07, 6.45) is 3.43. The van der Waals surface area contributed by atoms with E-state index in [1.165, 1.54) is 0 Å². The van der Waals surface area contributed by atoms with Crippen molar-refractivity contribution in [3.05, 3.63) is 35.9 Å². The van der Waals surface area contributed by atoms with Crippen molar-refractivity contribution in [3.63, 3.8) is 0 Å². The summed E-state index contributed by atoms with van der Waals surface area (Å²) in [5.41, 5.74) is 0. The van der Waals surface area contributed by atoms with Crippen LogP contribution in [0.2, 0.25) is 0 Å². The van der Waals surface area contributed by atoms with Crippen LogP contribution in [0.1, 0.15) is 50.1 Å². The van der Waals surface area contributed by atoms with E-state index in [0.29, 0.717) is 24.8 Å². The number of nitrogens with zero attached hydrogens (tertiary/aromatic N) is 3. The maximum Gasteiger partial charge on any atom is 0.240 e. The normalized spacial score (nSPS) is 18.7. The van der Waals surface area contributed by atoms with Crippen molar-refractivity contribution in [1.29, 1.82) is 0 Å². The fourth-order valence-corrected chi connectivity index (χ4v) is 2.76. The van der Waals surface area contributed by atoms with Gasteiger partial charge in [-0.05, 0) is 31.5 Å². The van der Waals surface area contributed by atoms with Crippen LogP contribution >= 0.6 is 0 Å². The van der Waals surface area contributed by atoms with Crippen LogP contribution in [0.3, 0.4) is 0 Å². The van der Waals surface area contributed by atoms with Crippen LogP contribution in [-0.2, 0) is 17.9 Å². The van der Waals surface area contributed by atoms with E-state index in [2.05, 4.69) is 20.4 Å². The van der Waals surface area contributed by atoms with E-state index < -0.39 is 0 Å². The molecule has 7 heteroatoms. The van der Waals surface area contributed by atoms with Gasteiger partial charge in [0.2, 0.25) is 11.8 Å². The third-order valence-electron chi connectivity index (χ3n) is 4.02. The zero-order valence-electron chi connectivity index (χ0n) is 13.5. The quantitative estimate of drug-likeness (QED) is 0.877. The first-order chi connectivity index (χ1) is 11.1. The van der Waals surface area contributed by atoms with Crippen molar-refractivity contribution in [2.75, 3.05) is 6.54 Å². The highest BCUT2D eigenvalue weighted by atomic mass is 16.5. The fourth-order valence-electron chi connectivity index (χ4n) is 2.76. The molecule has 0 radical (unpaired) electrons. The lowest BCUT2D eigenvalue weighted by Crippen LogP contribution is -2.42. The third-order valence-corrected chi connectivity index (χ3v) is 4.02. The highest BCUT2D eigenvalue weighted by molar-refractivity contribution is 5.81. The Morgan fingerprint density at radius 1 is 1.52 bits per heavy atom. The minimum atomic E-state index is -0.153. The molecule has 2 aromatic rings. The largest absolute Gasteiger partial charge is 0.467 e. The van der Waals surface area contributed by atoms with Gasteiger partial charge in [-0.2, -0.15) is 4.98 Å². The van der Waals surface area contributed by atoms with Gasteiger partial charge >= 0.3 is 0 Å². The molecule has 1 N–H and O–H groups in total. The van der Waals surface area contributed by atoms with E-state index in [-0.39, 0.29) is 17.9 Å². The molecule has 124 valence electrons. The Morgan fingerprint density at radius 2 is 2.39 bits per heavy atom. The van der Waals surface area contributed by atoms with Gasteiger partial charge in [-0.25, -0.2) is 0 Å². The Labute approximate surface area is 135 Å². The summed E-state index contributed by atoms with van der Waals surface area (Å²) in [6.45, 7) is 5.83. The van der Waals surface area contributed by atoms with Crippen molar-refractivity contribution in [1.82, 2.24) is 20.4 Å². The standard InChI is InChI=1S/C16H22N4O3/c1-11(2)15-18-14(23-19-15)10-20-7-3-6-13(20)16(21)17-9-12-5-4-8-22-12/h4-5,8,11,13H,3,6-7,9-10H2,1-2H3,(H,17,21)/t13-/m1/s1. The highest BCUT2D eigenvalue weighted by Gasteiger charge is 2.31. The zero-order chi connectivity index (χ0) is 16.2. The van der Waals surface area contributed by atoms with Crippen molar-refractivity contribution in [3.8, 4) is 0 Å². The highest BCUT2D eigenvalue weighted by Crippen LogP contribution is 2.20. The molecular weight excluding hydrogens is 296 g/mol. The molecule has 1 fully saturated rings. The maximum absolute atomic E-state index is 12.4. The Balaban J connectivity index is 1.57. The van der Waals surface area contributed by atoms with Gasteiger partial charge in [0.15, 0.2) is 5.82 Å². The van der Waals surface area contributed by atoms with Crippen LogP contribution in [0.15, 0.2) is 27.3 Å². The van der Waals surface area contributed by atoms with Gasteiger partial charge in [-0.3, -0.25) is 9.69 Å². The van der Waals surface area contributed by atoms with Gasteiger partial charge in [-0.15, -0.1) is 0 Å². The number of carbonyl (C=O) groups is 1. The lowest BCUT2D eigenvalue weighted by Gasteiger charge is -2.21. The molecular formula is C16H22N4O3. The van der Waals surface area contributed by atoms with Gasteiger partial charge in [-0.1, -0.05) is 19.0 Å². The average Bonchev–Trinajstić information content (AvgIpc) is 3.27. The Hall–Kier alpha value is -2.15. The Kier molecular flexibility index (Phi) is 4.76. The molecule has 7 nitrogen and oxygen atoms in total. The molecule has 0 spiro atoms. The molecule has 1 atom stereocenters. The van der Waals surface area contributed by atoms with Gasteiger partial charge in [0, 0.05) is 5.92 Å². The summed E-state index contributed by atoms with van der Waals surface area (Å²) in [7, 11) is 0. The monoisotopic (exact) mass is 318 g/mol. The smallest absolute Gasteiger partial charge is 0.240 e. The molecule has 2 aromatic heterocycles. The summed E-state index contributed by atoms with van der Waals surface area (Å²) < 4.78 is 10.5. The van der Waals surface area contributed by atoms with Crippen LogP contribution in [0, 0.1) is 0 Å². The van der Waals surface area contributed by atoms with Gasteiger partial charge < -0.3 is 14.3 Å². The first-order valence-corrected chi connectivity index (χ1v) is 8.00. The molecule has 0 aromatic carbocycles. The minimum Gasteiger partial charge on any atom is -0.467 e. The summed E-state index contributed by atoms with van der Waals surface area (Å²) in [5.74, 6) is 2.28. The first kappa shape index (κ1) is 15.7. The second-order valence-corrected chi connectivity index (χ2v) is 6.13. The van der Waals surface area contributed by atoms with E-state index in [1.54, 1.807) is 6.26 Å². The summed E-state index contributed by atoms with van der Waals surface area (Å²) in [5, 5.41) is 6.90. The van der Waals surface area contributed by atoms with Gasteiger partial charge in [0.05, 0.1) is 25.4 Å². The van der Waals surface area contributed by atoms with Gasteiger partial charge in [0.1, 0.15) is 5.76 Å². The van der Waals surface area contributed by atoms with Crippen LogP contribution in [0.5, 0.6) is 0 Å². The predicted octanol–water partition coefficient (Wildman–Crippen LogP) is 2.07. The number of amides is 1. The molecule has 3 rings (SSSR count). The summed E-state index contributed by atoms with van der Waals surface area (Å²) in [4.78, 5) is 18.9. The molecule has 23 heavy (non-hydrogen) atoms. The van der Waals surface area contributed by atoms with Crippen LogP contribution < -0.4 is 5.32 Å². The summed E-state index contributed by atoms with van der Waals surface area (Å²) in [6, 6.07) is 3.50. The lowest BCUT2D eigenvalue weighted by molar-refractivity contribution is -0.126. The lowest BCUT2D eigenvalue weighted by atomic mass is 10.2. The number of furan rings is 1. The zero-order valence-corrected chi connectivity index (χ0v) is 13.5. The average molecular weight is 318 g/mol. The fraction of sp³-hybridized carbons (Fsp3) is 0.562. The molecule has 1 aliphatic rings. The van der Waals surface area contributed by atoms with Crippen LogP contribution in [0.25, 0.3) is 0 Å². The van der Waals surface area contributed by atoms with Gasteiger partial charge in [0.25, 0.3) is 0 Å². The molecule has 1 saturated heterocycles. The van der Waals surface area contributed by atoms with E-state index in [9.17, 15) is 4.79 Å². The molecule has 1 aliphatic heterocycles. The maximum atomic E-state index is 12.4. The second-order valence-electron chi connectivity index (χ2n) is 6.13. The number of rotatable bonds is 6. The molecule has 0 saturated carbocycles. The Morgan fingerprint density at radius 3 is 3.09 bits per heavy atom. The van der Waals surface area contributed by atoms with E-state index in [0.717, 1.165) is 25.1 Å². The molecule has 0 unspecified atom stereocenters. The molecule has 0 aliphatic carbocycles. The Bertz CT molecular complexity index is 636. The molecule has 0 bridgehead atoms. The summed E-state index contributed by atoms with van der Waals surface area (Å²) >= 11 is 0. The van der Waals surface area contributed by atoms with Crippen LogP contribution in [-0.4, -0.2) is 33.5 Å². The van der Waals surface area contributed by atoms with E-state index in [1.807, 2.05) is 26.0 Å². The molecule has 1 amide bonds. The van der Waals surface area contributed by atoms with Crippen LogP contribution in [0.4, 0.5) is 0 Å². The van der Waals surface area contributed by atoms with Crippen molar-refractivity contribution >= 4 is 5.91 Å². The number of hydrogen-bond donors (Lipinski definition) is 1. The van der Waals surface area contributed by atoms with Crippen molar-refractivity contribution in [2.45, 2.75) is 51.7 Å². The van der Waals surface area contributed by atoms with E-state index in [4.69, 9.17) is 8.94 Å². The first-order valence-electron chi connectivity index (χ1n) is 8.00. The minimum absolute atomic E-state index is 0.0162. The number of hydrogen-bond acceptors (Lipinski definition) is 6. The second kappa shape index (κ2) is 6.95. The number of carbonyl (C=O) groups excluding carboxylic acids is 1. The predicted molar refractivity (Wildman–Crippen MR) is 82.4 cm³/mol. The molecule has 3 heterocycles. The number of aromatic nitrogens is 2. The third kappa shape index (κ3) is 3.79. The SMILES string of the molecule is CC(C)c1noc(CN2CCC[C@@H]2C(=O)NCc2ccco2)n1. The number of likely N-dealkylation sites (tertiary alicyclic amines) is 1. The van der Waals surface area contributed by atoms with E-state index >= 15 is 0 Å². The topological polar surface area (TPSA) is 84.4 Å². The number of nitrogens with one attached hydrogen (secondary N) is 1. The van der Waals surface area contributed by atoms with Crippen molar-refractivity contribution in [2.24, 2.45) is 0 Å².